The maximum Gasteiger partial charge on any atom is 0.119 e. The molecule has 0 amide bonds. The molecule has 0 spiro atoms. The number of benzene rings is 2. The Bertz CT molecular complexity index is 603. The Morgan fingerprint density at radius 3 is 2.09 bits per heavy atom. The molecule has 0 heterocycles. The molecule has 0 atom stereocenters. The highest BCUT2D eigenvalue weighted by Gasteiger charge is 1.99. The van der Waals surface area contributed by atoms with E-state index in [1.807, 2.05) is 43.4 Å². The predicted molar refractivity (Wildman–Crippen MR) is 95.3 cm³/mol. The molecule has 0 saturated carbocycles. The van der Waals surface area contributed by atoms with Crippen molar-refractivity contribution in [1.82, 2.24) is 0 Å². The van der Waals surface area contributed by atoms with Crippen LogP contribution in [0.15, 0.2) is 72.8 Å². The summed E-state index contributed by atoms with van der Waals surface area (Å²) in [6, 6.07) is 17.1. The average molecular weight is 292 g/mol. The lowest BCUT2D eigenvalue weighted by Gasteiger charge is -2.06. The fraction of sp³-hybridized carbons (Fsp3) is 0.238. The van der Waals surface area contributed by atoms with Crippen molar-refractivity contribution in [3.8, 4) is 16.9 Å². The van der Waals surface area contributed by atoms with Crippen LogP contribution in [0.1, 0.15) is 25.8 Å². The van der Waals surface area contributed by atoms with Crippen molar-refractivity contribution in [1.29, 1.82) is 0 Å². The van der Waals surface area contributed by atoms with Crippen LogP contribution in [0.3, 0.4) is 0 Å². The minimum atomic E-state index is 0.593. The van der Waals surface area contributed by atoms with Crippen molar-refractivity contribution in [3.63, 3.8) is 0 Å². The first-order valence-corrected chi connectivity index (χ1v) is 7.93. The topological polar surface area (TPSA) is 9.23 Å². The van der Waals surface area contributed by atoms with Crippen LogP contribution in [0.4, 0.5) is 0 Å². The van der Waals surface area contributed by atoms with Crippen LogP contribution in [0.5, 0.6) is 5.75 Å². The molecule has 0 unspecified atom stereocenters. The highest BCUT2D eigenvalue weighted by atomic mass is 16.5. The summed E-state index contributed by atoms with van der Waals surface area (Å²) in [6.45, 7) is 4.80. The maximum atomic E-state index is 5.67. The van der Waals surface area contributed by atoms with E-state index in [-0.39, 0.29) is 0 Å². The molecule has 114 valence electrons. The van der Waals surface area contributed by atoms with E-state index in [1.165, 1.54) is 23.1 Å². The Labute approximate surface area is 134 Å². The quantitative estimate of drug-likeness (QED) is 0.584. The summed E-state index contributed by atoms with van der Waals surface area (Å²) in [5.74, 6) is 0.900. The first-order chi connectivity index (χ1) is 10.8. The lowest BCUT2D eigenvalue weighted by atomic mass is 10.0. The second-order valence-corrected chi connectivity index (χ2v) is 5.24. The van der Waals surface area contributed by atoms with Crippen molar-refractivity contribution in [2.24, 2.45) is 0 Å². The van der Waals surface area contributed by atoms with Gasteiger partial charge in [0.05, 0.1) is 0 Å². The van der Waals surface area contributed by atoms with E-state index in [9.17, 15) is 0 Å². The van der Waals surface area contributed by atoms with Gasteiger partial charge in [-0.2, -0.15) is 0 Å². The minimum absolute atomic E-state index is 0.593. The van der Waals surface area contributed by atoms with Crippen LogP contribution < -0.4 is 4.74 Å². The van der Waals surface area contributed by atoms with Crippen LogP contribution in [-0.2, 0) is 6.42 Å². The van der Waals surface area contributed by atoms with Gasteiger partial charge in [0, 0.05) is 0 Å². The highest BCUT2D eigenvalue weighted by molar-refractivity contribution is 5.64. The van der Waals surface area contributed by atoms with E-state index in [0.717, 1.165) is 12.2 Å². The van der Waals surface area contributed by atoms with E-state index in [4.69, 9.17) is 4.74 Å². The normalized spacial score (nSPS) is 11.4. The third-order valence-electron chi connectivity index (χ3n) is 3.47. The lowest BCUT2D eigenvalue weighted by molar-refractivity contribution is 0.363. The molecule has 0 aliphatic rings. The number of hydrogen-bond acceptors (Lipinski definition) is 1. The van der Waals surface area contributed by atoms with Gasteiger partial charge in [0.2, 0.25) is 0 Å². The van der Waals surface area contributed by atoms with Crippen molar-refractivity contribution in [2.75, 3.05) is 6.61 Å². The average Bonchev–Trinajstić information content (AvgIpc) is 2.56. The monoisotopic (exact) mass is 292 g/mol. The van der Waals surface area contributed by atoms with Gasteiger partial charge in [0.1, 0.15) is 12.4 Å². The zero-order valence-corrected chi connectivity index (χ0v) is 13.5. The molecule has 0 aliphatic carbocycles. The Balaban J connectivity index is 1.96. The fourth-order valence-electron chi connectivity index (χ4n) is 2.29. The predicted octanol–water partition coefficient (Wildman–Crippen LogP) is 5.82. The smallest absolute Gasteiger partial charge is 0.119 e. The van der Waals surface area contributed by atoms with Crippen molar-refractivity contribution in [3.05, 3.63) is 78.4 Å². The second kappa shape index (κ2) is 8.89. The third kappa shape index (κ3) is 4.92. The number of rotatable bonds is 7. The highest BCUT2D eigenvalue weighted by Crippen LogP contribution is 2.23. The lowest BCUT2D eigenvalue weighted by Crippen LogP contribution is -1.92. The zero-order valence-electron chi connectivity index (χ0n) is 13.5. The van der Waals surface area contributed by atoms with E-state index < -0.39 is 0 Å². The molecule has 0 fully saturated rings. The van der Waals surface area contributed by atoms with Gasteiger partial charge >= 0.3 is 0 Å². The van der Waals surface area contributed by atoms with E-state index in [1.54, 1.807) is 0 Å². The third-order valence-corrected chi connectivity index (χ3v) is 3.47. The number of hydrogen-bond donors (Lipinski definition) is 0. The molecule has 1 nitrogen and oxygen atoms in total. The summed E-state index contributed by atoms with van der Waals surface area (Å²) in [5, 5.41) is 0. The van der Waals surface area contributed by atoms with E-state index in [2.05, 4.69) is 43.3 Å². The molecule has 0 aliphatic heterocycles. The van der Waals surface area contributed by atoms with Gasteiger partial charge in [-0.25, -0.2) is 0 Å². The molecule has 2 aromatic rings. The molecule has 2 rings (SSSR count). The van der Waals surface area contributed by atoms with Crippen LogP contribution in [0, 0.1) is 0 Å². The molecule has 22 heavy (non-hydrogen) atoms. The van der Waals surface area contributed by atoms with Crippen molar-refractivity contribution >= 4 is 0 Å². The zero-order chi connectivity index (χ0) is 15.6. The summed E-state index contributed by atoms with van der Waals surface area (Å²) in [5.41, 5.74) is 3.87. The van der Waals surface area contributed by atoms with E-state index >= 15 is 0 Å². The van der Waals surface area contributed by atoms with Crippen molar-refractivity contribution < 1.29 is 4.74 Å². The molecular formula is C21H24O. The van der Waals surface area contributed by atoms with E-state index in [0.29, 0.717) is 6.61 Å². The molecule has 0 bridgehead atoms. The second-order valence-electron chi connectivity index (χ2n) is 5.24. The van der Waals surface area contributed by atoms with Crippen molar-refractivity contribution in [2.45, 2.75) is 26.7 Å². The molecule has 0 saturated heterocycles. The Hall–Kier alpha value is -2.28. The molecular weight excluding hydrogens is 268 g/mol. The van der Waals surface area contributed by atoms with Gasteiger partial charge < -0.3 is 4.74 Å². The van der Waals surface area contributed by atoms with Crippen LogP contribution in [0.2, 0.25) is 0 Å². The summed E-state index contributed by atoms with van der Waals surface area (Å²) in [7, 11) is 0. The van der Waals surface area contributed by atoms with Crippen LogP contribution in [0.25, 0.3) is 11.1 Å². The van der Waals surface area contributed by atoms with Gasteiger partial charge in [-0.05, 0) is 48.2 Å². The minimum Gasteiger partial charge on any atom is -0.490 e. The van der Waals surface area contributed by atoms with Gasteiger partial charge in [0.25, 0.3) is 0 Å². The fourth-order valence-corrected chi connectivity index (χ4v) is 2.29. The standard InChI is InChI=1S/C21H24O/c1-3-5-6-7-17-22-21-15-13-20(14-16-21)19-11-9-18(8-4-2)10-12-19/h3,5-7,9-16H,4,8,17H2,1-2H3/b5-3+,7-6+. The molecule has 0 N–H and O–H groups in total. The summed E-state index contributed by atoms with van der Waals surface area (Å²) in [4.78, 5) is 0. The number of ether oxygens (including phenoxy) is 1. The largest absolute Gasteiger partial charge is 0.490 e. The van der Waals surface area contributed by atoms with Gasteiger partial charge in [-0.1, -0.05) is 68.0 Å². The summed E-state index contributed by atoms with van der Waals surface area (Å²) < 4.78 is 5.67. The van der Waals surface area contributed by atoms with Gasteiger partial charge in [0.15, 0.2) is 0 Å². The molecule has 1 heteroatoms. The maximum absolute atomic E-state index is 5.67. The summed E-state index contributed by atoms with van der Waals surface area (Å²) >= 11 is 0. The summed E-state index contributed by atoms with van der Waals surface area (Å²) in [6.07, 6.45) is 10.3. The Morgan fingerprint density at radius 2 is 1.50 bits per heavy atom. The first kappa shape index (κ1) is 16.1. The molecule has 0 radical (unpaired) electrons. The number of allylic oxidation sites excluding steroid dienone is 3. The Morgan fingerprint density at radius 1 is 0.864 bits per heavy atom. The number of aryl methyl sites for hydroxylation is 1. The van der Waals surface area contributed by atoms with Gasteiger partial charge in [-0.3, -0.25) is 0 Å². The SMILES string of the molecule is C/C=C/C=C/COc1ccc(-c2ccc(CCC)cc2)cc1. The molecule has 2 aromatic carbocycles. The van der Waals surface area contributed by atoms with Crippen LogP contribution in [-0.4, -0.2) is 6.61 Å². The Kier molecular flexibility index (Phi) is 6.50. The van der Waals surface area contributed by atoms with Gasteiger partial charge in [-0.15, -0.1) is 0 Å². The van der Waals surface area contributed by atoms with Crippen LogP contribution >= 0.6 is 0 Å². The first-order valence-electron chi connectivity index (χ1n) is 7.93. The molecule has 0 aromatic heterocycles.